The van der Waals surface area contributed by atoms with Crippen LogP contribution in [0.1, 0.15) is 23.0 Å². The molecule has 0 unspecified atom stereocenters. The molecule has 0 saturated heterocycles. The summed E-state index contributed by atoms with van der Waals surface area (Å²) < 4.78 is 1.58. The Morgan fingerprint density at radius 3 is 2.84 bits per heavy atom. The zero-order valence-corrected chi connectivity index (χ0v) is 11.1. The molecule has 6 nitrogen and oxygen atoms in total. The largest absolute Gasteiger partial charge is 0.309 e. The number of carbonyl (C=O) groups is 1. The zero-order valence-electron chi connectivity index (χ0n) is 11.1. The molecular formula is C13H15N5O. The van der Waals surface area contributed by atoms with Crippen molar-refractivity contribution in [2.75, 3.05) is 0 Å². The van der Waals surface area contributed by atoms with Crippen molar-refractivity contribution >= 4 is 17.4 Å². The lowest BCUT2D eigenvalue weighted by molar-refractivity contribution is 0.0971. The maximum absolute atomic E-state index is 11.9. The molecular weight excluding hydrogens is 242 g/mol. The molecule has 0 atom stereocenters. The van der Waals surface area contributed by atoms with Gasteiger partial charge in [-0.2, -0.15) is 5.10 Å². The molecule has 19 heavy (non-hydrogen) atoms. The standard InChI is InChI=1S/C13H15N5O/c1-9-8-14-6-4-11(9)15-10(2)16-13(19)12-5-7-18(3)17-12/h4-8H,1-3H3,(H,14,15,16,19). The minimum atomic E-state index is -0.270. The number of amides is 1. The van der Waals surface area contributed by atoms with E-state index in [4.69, 9.17) is 0 Å². The highest BCUT2D eigenvalue weighted by Gasteiger charge is 2.09. The quantitative estimate of drug-likeness (QED) is 0.656. The van der Waals surface area contributed by atoms with Crippen LogP contribution in [0.15, 0.2) is 35.7 Å². The summed E-state index contributed by atoms with van der Waals surface area (Å²) in [5, 5.41) is 6.73. The van der Waals surface area contributed by atoms with E-state index in [1.807, 2.05) is 6.92 Å². The van der Waals surface area contributed by atoms with Crippen LogP contribution >= 0.6 is 0 Å². The average molecular weight is 257 g/mol. The monoisotopic (exact) mass is 257 g/mol. The van der Waals surface area contributed by atoms with Gasteiger partial charge in [0.25, 0.3) is 5.91 Å². The Bertz CT molecular complexity index is 629. The second-order valence-electron chi connectivity index (χ2n) is 4.19. The van der Waals surface area contributed by atoms with Gasteiger partial charge in [-0.05, 0) is 31.5 Å². The molecule has 0 aliphatic rings. The molecule has 0 radical (unpaired) electrons. The lowest BCUT2D eigenvalue weighted by atomic mass is 10.3. The molecule has 0 bridgehead atoms. The summed E-state index contributed by atoms with van der Waals surface area (Å²) >= 11 is 0. The maximum Gasteiger partial charge on any atom is 0.277 e. The second-order valence-corrected chi connectivity index (χ2v) is 4.19. The van der Waals surface area contributed by atoms with Gasteiger partial charge in [-0.25, -0.2) is 4.99 Å². The highest BCUT2D eigenvalue weighted by atomic mass is 16.2. The minimum Gasteiger partial charge on any atom is -0.309 e. The van der Waals surface area contributed by atoms with E-state index in [1.54, 1.807) is 49.4 Å². The Hall–Kier alpha value is -2.50. The van der Waals surface area contributed by atoms with Crippen molar-refractivity contribution in [3.63, 3.8) is 0 Å². The van der Waals surface area contributed by atoms with Crippen molar-refractivity contribution in [2.45, 2.75) is 13.8 Å². The van der Waals surface area contributed by atoms with Gasteiger partial charge in [0.15, 0.2) is 5.69 Å². The Morgan fingerprint density at radius 2 is 2.21 bits per heavy atom. The average Bonchev–Trinajstić information content (AvgIpc) is 2.79. The number of aromatic nitrogens is 3. The Kier molecular flexibility index (Phi) is 3.70. The number of nitrogens with zero attached hydrogens (tertiary/aromatic N) is 4. The summed E-state index contributed by atoms with van der Waals surface area (Å²) in [6, 6.07) is 3.45. The predicted molar refractivity (Wildman–Crippen MR) is 72.4 cm³/mol. The molecule has 0 aliphatic heterocycles. The third-order valence-corrected chi connectivity index (χ3v) is 2.52. The number of carbonyl (C=O) groups excluding carboxylic acids is 1. The van der Waals surface area contributed by atoms with Gasteiger partial charge in [0.1, 0.15) is 5.84 Å². The third-order valence-electron chi connectivity index (χ3n) is 2.52. The number of aryl methyl sites for hydroxylation is 2. The van der Waals surface area contributed by atoms with Crippen molar-refractivity contribution in [2.24, 2.45) is 12.0 Å². The molecule has 1 N–H and O–H groups in total. The molecule has 2 aromatic rings. The molecule has 98 valence electrons. The van der Waals surface area contributed by atoms with Gasteiger partial charge in [0, 0.05) is 25.6 Å². The van der Waals surface area contributed by atoms with Gasteiger partial charge in [0.2, 0.25) is 0 Å². The van der Waals surface area contributed by atoms with Crippen LogP contribution in [-0.4, -0.2) is 26.5 Å². The molecule has 2 rings (SSSR count). The molecule has 0 fully saturated rings. The van der Waals surface area contributed by atoms with Gasteiger partial charge in [-0.15, -0.1) is 0 Å². The lowest BCUT2D eigenvalue weighted by Gasteiger charge is -2.04. The SMILES string of the molecule is CC(=Nc1ccncc1C)NC(=O)c1ccn(C)n1. The number of aliphatic imine (C=N–C) groups is 1. The van der Waals surface area contributed by atoms with Gasteiger partial charge < -0.3 is 5.32 Å². The molecule has 1 amide bonds. The maximum atomic E-state index is 11.9. The van der Waals surface area contributed by atoms with Crippen LogP contribution in [0.3, 0.4) is 0 Å². The van der Waals surface area contributed by atoms with Crippen LogP contribution in [0.2, 0.25) is 0 Å². The first-order valence-electron chi connectivity index (χ1n) is 5.83. The van der Waals surface area contributed by atoms with E-state index < -0.39 is 0 Å². The highest BCUT2D eigenvalue weighted by molar-refractivity contribution is 6.05. The molecule has 2 heterocycles. The van der Waals surface area contributed by atoms with Crippen LogP contribution in [0.25, 0.3) is 0 Å². The van der Waals surface area contributed by atoms with E-state index in [2.05, 4.69) is 20.4 Å². The van der Waals surface area contributed by atoms with E-state index in [-0.39, 0.29) is 5.91 Å². The molecule has 6 heteroatoms. The summed E-state index contributed by atoms with van der Waals surface area (Å²) in [7, 11) is 1.76. The molecule has 0 aliphatic carbocycles. The van der Waals surface area contributed by atoms with Crippen LogP contribution in [-0.2, 0) is 7.05 Å². The third kappa shape index (κ3) is 3.25. The summed E-state index contributed by atoms with van der Waals surface area (Å²) in [4.78, 5) is 20.2. The Morgan fingerprint density at radius 1 is 1.42 bits per heavy atom. The summed E-state index contributed by atoms with van der Waals surface area (Å²) in [6.07, 6.45) is 5.11. The zero-order chi connectivity index (χ0) is 13.8. The summed E-state index contributed by atoms with van der Waals surface area (Å²) in [6.45, 7) is 3.65. The normalized spacial score (nSPS) is 11.4. The molecule has 0 spiro atoms. The number of nitrogens with one attached hydrogen (secondary N) is 1. The lowest BCUT2D eigenvalue weighted by Crippen LogP contribution is -2.28. The first-order valence-corrected chi connectivity index (χ1v) is 5.83. The first kappa shape index (κ1) is 12.9. The van der Waals surface area contributed by atoms with Gasteiger partial charge in [-0.1, -0.05) is 0 Å². The molecule has 2 aromatic heterocycles. The van der Waals surface area contributed by atoms with E-state index in [0.29, 0.717) is 11.5 Å². The Balaban J connectivity index is 2.11. The van der Waals surface area contributed by atoms with Crippen molar-refractivity contribution in [3.05, 3.63) is 42.0 Å². The van der Waals surface area contributed by atoms with Crippen LogP contribution in [0.5, 0.6) is 0 Å². The highest BCUT2D eigenvalue weighted by Crippen LogP contribution is 2.15. The summed E-state index contributed by atoms with van der Waals surface area (Å²) in [5.74, 6) is 0.249. The predicted octanol–water partition coefficient (Wildman–Crippen LogP) is 1.60. The van der Waals surface area contributed by atoms with Crippen molar-refractivity contribution in [1.29, 1.82) is 0 Å². The number of rotatable bonds is 2. The van der Waals surface area contributed by atoms with E-state index in [0.717, 1.165) is 11.3 Å². The molecule has 0 saturated carbocycles. The van der Waals surface area contributed by atoms with E-state index >= 15 is 0 Å². The van der Waals surface area contributed by atoms with Gasteiger partial charge >= 0.3 is 0 Å². The topological polar surface area (TPSA) is 72.2 Å². The molecule has 0 aromatic carbocycles. The fourth-order valence-electron chi connectivity index (χ4n) is 1.56. The van der Waals surface area contributed by atoms with Crippen molar-refractivity contribution in [1.82, 2.24) is 20.1 Å². The van der Waals surface area contributed by atoms with Gasteiger partial charge in [0.05, 0.1) is 5.69 Å². The fraction of sp³-hybridized carbons (Fsp3) is 0.231. The van der Waals surface area contributed by atoms with Crippen LogP contribution in [0.4, 0.5) is 5.69 Å². The summed E-state index contributed by atoms with van der Waals surface area (Å²) in [5.41, 5.74) is 2.10. The van der Waals surface area contributed by atoms with E-state index in [1.165, 1.54) is 0 Å². The van der Waals surface area contributed by atoms with Crippen molar-refractivity contribution < 1.29 is 4.79 Å². The van der Waals surface area contributed by atoms with Gasteiger partial charge in [-0.3, -0.25) is 14.5 Å². The number of amidine groups is 1. The smallest absolute Gasteiger partial charge is 0.277 e. The number of hydrogen-bond donors (Lipinski definition) is 1. The van der Waals surface area contributed by atoms with Crippen molar-refractivity contribution in [3.8, 4) is 0 Å². The van der Waals surface area contributed by atoms with E-state index in [9.17, 15) is 4.79 Å². The second kappa shape index (κ2) is 5.43. The number of pyridine rings is 1. The van der Waals surface area contributed by atoms with Crippen LogP contribution < -0.4 is 5.32 Å². The van der Waals surface area contributed by atoms with Crippen LogP contribution in [0, 0.1) is 6.92 Å². The number of hydrogen-bond acceptors (Lipinski definition) is 4. The minimum absolute atomic E-state index is 0.270. The Labute approximate surface area is 111 Å². The first-order chi connectivity index (χ1) is 9.06. The fourth-order valence-corrected chi connectivity index (χ4v) is 1.56.